The number of benzene rings is 1. The summed E-state index contributed by atoms with van der Waals surface area (Å²) in [4.78, 5) is 10.8. The van der Waals surface area contributed by atoms with Crippen molar-refractivity contribution in [2.75, 3.05) is 21.3 Å². The summed E-state index contributed by atoms with van der Waals surface area (Å²) < 4.78 is 15.2. The molecule has 0 saturated heterocycles. The number of hydrogen-bond donors (Lipinski definition) is 0. The Morgan fingerprint density at radius 3 is 2.13 bits per heavy atom. The van der Waals surface area contributed by atoms with E-state index in [4.69, 9.17) is 25.8 Å². The highest BCUT2D eigenvalue weighted by molar-refractivity contribution is 6.33. The van der Waals surface area contributed by atoms with Crippen LogP contribution in [0.25, 0.3) is 0 Å². The zero-order valence-electron chi connectivity index (χ0n) is 8.67. The fourth-order valence-electron chi connectivity index (χ4n) is 1.26. The highest BCUT2D eigenvalue weighted by atomic mass is 35.5. The van der Waals surface area contributed by atoms with Crippen LogP contribution in [-0.4, -0.2) is 27.6 Å². The Kier molecular flexibility index (Phi) is 3.80. The molecule has 0 spiro atoms. The number of methoxy groups -OCH3 is 3. The molecule has 82 valence electrons. The molecule has 0 saturated carbocycles. The average molecular weight is 231 g/mol. The number of hydrogen-bond acceptors (Lipinski definition) is 4. The van der Waals surface area contributed by atoms with E-state index in [9.17, 15) is 4.79 Å². The molecule has 0 radical (unpaired) electrons. The van der Waals surface area contributed by atoms with Gasteiger partial charge in [0.2, 0.25) is 5.75 Å². The molecule has 5 heteroatoms. The second-order valence-electron chi connectivity index (χ2n) is 2.66. The summed E-state index contributed by atoms with van der Waals surface area (Å²) in [5.41, 5.74) is 0.247. The molecule has 4 nitrogen and oxygen atoms in total. The van der Waals surface area contributed by atoms with E-state index >= 15 is 0 Å². The summed E-state index contributed by atoms with van der Waals surface area (Å²) >= 11 is 5.87. The normalized spacial score (nSPS) is 9.60. The zero-order valence-corrected chi connectivity index (χ0v) is 9.42. The Hall–Kier alpha value is -1.42. The van der Waals surface area contributed by atoms with Crippen molar-refractivity contribution in [2.45, 2.75) is 0 Å². The van der Waals surface area contributed by atoms with Gasteiger partial charge in [0.1, 0.15) is 0 Å². The molecule has 15 heavy (non-hydrogen) atoms. The van der Waals surface area contributed by atoms with Crippen LogP contribution in [0.2, 0.25) is 5.02 Å². The highest BCUT2D eigenvalue weighted by Gasteiger charge is 2.18. The molecule has 1 aromatic carbocycles. The van der Waals surface area contributed by atoms with Crippen molar-refractivity contribution in [1.29, 1.82) is 0 Å². The summed E-state index contributed by atoms with van der Waals surface area (Å²) in [7, 11) is 4.37. The zero-order chi connectivity index (χ0) is 11.4. The monoisotopic (exact) mass is 230 g/mol. The Morgan fingerprint density at radius 1 is 1.13 bits per heavy atom. The number of rotatable bonds is 4. The van der Waals surface area contributed by atoms with E-state index in [0.29, 0.717) is 17.8 Å². The van der Waals surface area contributed by atoms with Gasteiger partial charge in [0.15, 0.2) is 17.8 Å². The van der Waals surface area contributed by atoms with Gasteiger partial charge in [-0.15, -0.1) is 0 Å². The Bertz CT molecular complexity index is 376. The number of carbonyl (C=O) groups is 1. The molecular formula is C10H11ClO4. The number of halogens is 1. The molecule has 0 atom stereocenters. The first-order chi connectivity index (χ1) is 7.19. The minimum absolute atomic E-state index is 0.247. The van der Waals surface area contributed by atoms with Crippen molar-refractivity contribution in [3.05, 3.63) is 16.7 Å². The lowest BCUT2D eigenvalue weighted by atomic mass is 10.2. The van der Waals surface area contributed by atoms with E-state index in [1.165, 1.54) is 27.4 Å². The van der Waals surface area contributed by atoms with Gasteiger partial charge >= 0.3 is 0 Å². The van der Waals surface area contributed by atoms with Crippen LogP contribution in [0.1, 0.15) is 10.4 Å². The molecule has 0 aromatic heterocycles. The maximum Gasteiger partial charge on any atom is 0.204 e. The number of carbonyl (C=O) groups excluding carboxylic acids is 1. The fourth-order valence-corrected chi connectivity index (χ4v) is 1.49. The van der Waals surface area contributed by atoms with Gasteiger partial charge in [0, 0.05) is 6.07 Å². The van der Waals surface area contributed by atoms with Gasteiger partial charge < -0.3 is 14.2 Å². The minimum Gasteiger partial charge on any atom is -0.493 e. The van der Waals surface area contributed by atoms with Crippen LogP contribution in [-0.2, 0) is 0 Å². The molecular weight excluding hydrogens is 220 g/mol. The summed E-state index contributed by atoms with van der Waals surface area (Å²) in [5.74, 6) is 1.05. The molecule has 1 rings (SSSR count). The molecule has 0 bridgehead atoms. The smallest absolute Gasteiger partial charge is 0.204 e. The highest BCUT2D eigenvalue weighted by Crippen LogP contribution is 2.42. The lowest BCUT2D eigenvalue weighted by Gasteiger charge is -2.14. The summed E-state index contributed by atoms with van der Waals surface area (Å²) in [6, 6.07) is 1.51. The first-order valence-electron chi connectivity index (χ1n) is 4.13. The van der Waals surface area contributed by atoms with E-state index in [-0.39, 0.29) is 16.3 Å². The van der Waals surface area contributed by atoms with Crippen LogP contribution in [0.3, 0.4) is 0 Å². The third-order valence-electron chi connectivity index (χ3n) is 1.94. The van der Waals surface area contributed by atoms with E-state index in [0.717, 1.165) is 0 Å². The molecule has 0 aliphatic heterocycles. The minimum atomic E-state index is 0.247. The topological polar surface area (TPSA) is 44.8 Å². The third-order valence-corrected chi connectivity index (χ3v) is 2.25. The predicted octanol–water partition coefficient (Wildman–Crippen LogP) is 2.18. The quantitative estimate of drug-likeness (QED) is 0.744. The molecule has 0 aliphatic carbocycles. The van der Waals surface area contributed by atoms with Crippen LogP contribution in [0.5, 0.6) is 17.2 Å². The van der Waals surface area contributed by atoms with Crippen molar-refractivity contribution in [3.63, 3.8) is 0 Å². The van der Waals surface area contributed by atoms with Gasteiger partial charge in [-0.3, -0.25) is 4.79 Å². The Balaban J connectivity index is 3.51. The van der Waals surface area contributed by atoms with Crippen LogP contribution in [0.4, 0.5) is 0 Å². The van der Waals surface area contributed by atoms with Gasteiger partial charge in [-0.2, -0.15) is 0 Å². The van der Waals surface area contributed by atoms with E-state index in [1.807, 2.05) is 0 Å². The standard InChI is InChI=1S/C10H11ClO4/c1-13-8-4-7(11)6(5-12)9(14-2)10(8)15-3/h4-5H,1-3H3. The maximum absolute atomic E-state index is 10.8. The van der Waals surface area contributed by atoms with Gasteiger partial charge in [0.05, 0.1) is 31.9 Å². The van der Waals surface area contributed by atoms with Crippen molar-refractivity contribution >= 4 is 17.9 Å². The van der Waals surface area contributed by atoms with Crippen LogP contribution in [0, 0.1) is 0 Å². The van der Waals surface area contributed by atoms with E-state index < -0.39 is 0 Å². The average Bonchev–Trinajstić information content (AvgIpc) is 2.27. The van der Waals surface area contributed by atoms with Crippen LogP contribution < -0.4 is 14.2 Å². The fraction of sp³-hybridized carbons (Fsp3) is 0.300. The molecule has 0 fully saturated rings. The van der Waals surface area contributed by atoms with E-state index in [1.54, 1.807) is 0 Å². The Morgan fingerprint density at radius 2 is 1.73 bits per heavy atom. The predicted molar refractivity (Wildman–Crippen MR) is 56.5 cm³/mol. The second-order valence-corrected chi connectivity index (χ2v) is 3.07. The molecule has 0 N–H and O–H groups in total. The van der Waals surface area contributed by atoms with Gasteiger partial charge in [0.25, 0.3) is 0 Å². The second kappa shape index (κ2) is 4.89. The van der Waals surface area contributed by atoms with Crippen molar-refractivity contribution in [3.8, 4) is 17.2 Å². The van der Waals surface area contributed by atoms with Gasteiger partial charge in [-0.05, 0) is 0 Å². The molecule has 0 heterocycles. The summed E-state index contributed by atoms with van der Waals surface area (Å²) in [5, 5.41) is 0.263. The summed E-state index contributed by atoms with van der Waals surface area (Å²) in [6.07, 6.45) is 0.614. The summed E-state index contributed by atoms with van der Waals surface area (Å²) in [6.45, 7) is 0. The molecule has 0 amide bonds. The van der Waals surface area contributed by atoms with Crippen molar-refractivity contribution in [2.24, 2.45) is 0 Å². The van der Waals surface area contributed by atoms with Gasteiger partial charge in [-0.25, -0.2) is 0 Å². The van der Waals surface area contributed by atoms with Crippen LogP contribution >= 0.6 is 11.6 Å². The molecule has 1 aromatic rings. The SMILES string of the molecule is COc1cc(Cl)c(C=O)c(OC)c1OC. The number of aldehydes is 1. The molecule has 0 unspecified atom stereocenters. The largest absolute Gasteiger partial charge is 0.493 e. The lowest BCUT2D eigenvalue weighted by Crippen LogP contribution is -1.99. The first kappa shape index (κ1) is 11.7. The maximum atomic E-state index is 10.8. The third kappa shape index (κ3) is 1.99. The van der Waals surface area contributed by atoms with Crippen molar-refractivity contribution < 1.29 is 19.0 Å². The van der Waals surface area contributed by atoms with Crippen LogP contribution in [0.15, 0.2) is 6.07 Å². The molecule has 0 aliphatic rings. The lowest BCUT2D eigenvalue weighted by molar-refractivity contribution is 0.112. The Labute approximate surface area is 92.7 Å². The number of ether oxygens (including phenoxy) is 3. The van der Waals surface area contributed by atoms with Gasteiger partial charge in [-0.1, -0.05) is 11.6 Å². The van der Waals surface area contributed by atoms with E-state index in [2.05, 4.69) is 0 Å². The van der Waals surface area contributed by atoms with Crippen molar-refractivity contribution in [1.82, 2.24) is 0 Å². The first-order valence-corrected chi connectivity index (χ1v) is 4.51.